The molecule has 0 aromatic rings. The fraction of sp³-hybridized carbons (Fsp3) is 0.818. The predicted octanol–water partition coefficient (Wildman–Crippen LogP) is 0.884. The van der Waals surface area contributed by atoms with Crippen molar-refractivity contribution in [1.82, 2.24) is 10.6 Å². The SMILES string of the molecule is NC(=O)NCC(=O)NC1CCCCCCC1. The van der Waals surface area contributed by atoms with Crippen molar-refractivity contribution in [3.05, 3.63) is 0 Å². The number of carbonyl (C=O) groups is 2. The molecule has 1 fully saturated rings. The van der Waals surface area contributed by atoms with Crippen molar-refractivity contribution in [3.8, 4) is 0 Å². The van der Waals surface area contributed by atoms with Crippen LogP contribution in [0.2, 0.25) is 0 Å². The summed E-state index contributed by atoms with van der Waals surface area (Å²) in [5.74, 6) is -0.149. The quantitative estimate of drug-likeness (QED) is 0.668. The lowest BCUT2D eigenvalue weighted by atomic mass is 9.97. The maximum Gasteiger partial charge on any atom is 0.312 e. The Morgan fingerprint density at radius 2 is 1.62 bits per heavy atom. The lowest BCUT2D eigenvalue weighted by Gasteiger charge is -2.20. The molecule has 0 aromatic carbocycles. The van der Waals surface area contributed by atoms with Crippen molar-refractivity contribution in [2.24, 2.45) is 5.73 Å². The summed E-state index contributed by atoms with van der Waals surface area (Å²) in [6.45, 7) is -0.0220. The molecule has 1 aliphatic rings. The topological polar surface area (TPSA) is 84.2 Å². The molecule has 92 valence electrons. The molecule has 0 aliphatic heterocycles. The van der Waals surface area contributed by atoms with Crippen LogP contribution < -0.4 is 16.4 Å². The molecule has 0 heterocycles. The number of nitrogens with two attached hydrogens (primary N) is 1. The Bertz CT molecular complexity index is 235. The van der Waals surface area contributed by atoms with Crippen LogP contribution in [0.4, 0.5) is 4.79 Å². The van der Waals surface area contributed by atoms with E-state index >= 15 is 0 Å². The number of rotatable bonds is 3. The van der Waals surface area contributed by atoms with Crippen LogP contribution in [0.1, 0.15) is 44.9 Å². The molecule has 0 atom stereocenters. The zero-order valence-corrected chi connectivity index (χ0v) is 9.63. The second-order valence-corrected chi connectivity index (χ2v) is 4.33. The highest BCUT2D eigenvalue weighted by atomic mass is 16.2. The van der Waals surface area contributed by atoms with Gasteiger partial charge in [-0.05, 0) is 12.8 Å². The molecule has 1 aliphatic carbocycles. The van der Waals surface area contributed by atoms with E-state index in [1.807, 2.05) is 0 Å². The Balaban J connectivity index is 2.22. The second kappa shape index (κ2) is 7.09. The number of carbonyl (C=O) groups excluding carboxylic acids is 2. The molecule has 5 nitrogen and oxygen atoms in total. The average molecular weight is 227 g/mol. The van der Waals surface area contributed by atoms with Crippen LogP contribution in [-0.2, 0) is 4.79 Å². The van der Waals surface area contributed by atoms with Crippen molar-refractivity contribution in [2.75, 3.05) is 6.54 Å². The van der Waals surface area contributed by atoms with Gasteiger partial charge in [-0.2, -0.15) is 0 Å². The van der Waals surface area contributed by atoms with Crippen LogP contribution in [0.15, 0.2) is 0 Å². The third kappa shape index (κ3) is 5.58. The van der Waals surface area contributed by atoms with Crippen LogP contribution >= 0.6 is 0 Å². The van der Waals surface area contributed by atoms with Gasteiger partial charge in [0.15, 0.2) is 0 Å². The van der Waals surface area contributed by atoms with E-state index in [2.05, 4.69) is 10.6 Å². The number of hydrogen-bond acceptors (Lipinski definition) is 2. The standard InChI is InChI=1S/C11H21N3O2/c12-11(16)13-8-10(15)14-9-6-4-2-1-3-5-7-9/h9H,1-8H2,(H,14,15)(H3,12,13,16). The van der Waals surface area contributed by atoms with Gasteiger partial charge in [0.25, 0.3) is 0 Å². The summed E-state index contributed by atoms with van der Waals surface area (Å²) in [6.07, 6.45) is 8.26. The van der Waals surface area contributed by atoms with Gasteiger partial charge in [0, 0.05) is 6.04 Å². The fourth-order valence-corrected chi connectivity index (χ4v) is 2.05. The summed E-state index contributed by atoms with van der Waals surface area (Å²) in [6, 6.07) is -0.393. The highest BCUT2D eigenvalue weighted by Crippen LogP contribution is 2.16. The fourth-order valence-electron chi connectivity index (χ4n) is 2.05. The summed E-state index contributed by atoms with van der Waals surface area (Å²) < 4.78 is 0. The largest absolute Gasteiger partial charge is 0.352 e. The van der Waals surface area contributed by atoms with Gasteiger partial charge in [0.05, 0.1) is 6.54 Å². The average Bonchev–Trinajstić information content (AvgIpc) is 2.19. The van der Waals surface area contributed by atoms with E-state index in [0.29, 0.717) is 0 Å². The molecule has 0 unspecified atom stereocenters. The maximum absolute atomic E-state index is 11.4. The summed E-state index contributed by atoms with van der Waals surface area (Å²) in [7, 11) is 0. The Labute approximate surface area is 96.1 Å². The third-order valence-electron chi connectivity index (χ3n) is 2.89. The number of amides is 3. The van der Waals surface area contributed by atoms with Crippen LogP contribution in [0.25, 0.3) is 0 Å². The van der Waals surface area contributed by atoms with E-state index in [9.17, 15) is 9.59 Å². The summed E-state index contributed by atoms with van der Waals surface area (Å²) in [5, 5.41) is 5.22. The molecule has 1 rings (SSSR count). The van der Waals surface area contributed by atoms with E-state index in [-0.39, 0.29) is 18.5 Å². The van der Waals surface area contributed by atoms with Gasteiger partial charge in [0.1, 0.15) is 0 Å². The van der Waals surface area contributed by atoms with Gasteiger partial charge in [-0.3, -0.25) is 4.79 Å². The van der Waals surface area contributed by atoms with Crippen LogP contribution in [0.3, 0.4) is 0 Å². The molecule has 5 heteroatoms. The lowest BCUT2D eigenvalue weighted by Crippen LogP contribution is -2.43. The number of hydrogen-bond donors (Lipinski definition) is 3. The minimum Gasteiger partial charge on any atom is -0.352 e. The van der Waals surface area contributed by atoms with Crippen molar-refractivity contribution < 1.29 is 9.59 Å². The smallest absolute Gasteiger partial charge is 0.312 e. The van der Waals surface area contributed by atoms with Crippen molar-refractivity contribution >= 4 is 11.9 Å². The number of urea groups is 1. The number of primary amides is 1. The molecule has 0 saturated heterocycles. The Kier molecular flexibility index (Phi) is 5.67. The highest BCUT2D eigenvalue weighted by molar-refractivity contribution is 5.83. The van der Waals surface area contributed by atoms with Crippen LogP contribution in [0.5, 0.6) is 0 Å². The van der Waals surface area contributed by atoms with E-state index in [1.54, 1.807) is 0 Å². The van der Waals surface area contributed by atoms with Crippen molar-refractivity contribution in [1.29, 1.82) is 0 Å². The van der Waals surface area contributed by atoms with Gasteiger partial charge in [0.2, 0.25) is 5.91 Å². The van der Waals surface area contributed by atoms with Crippen molar-refractivity contribution in [3.63, 3.8) is 0 Å². The normalized spacial score (nSPS) is 18.2. The van der Waals surface area contributed by atoms with Crippen LogP contribution in [0, 0.1) is 0 Å². The van der Waals surface area contributed by atoms with Crippen LogP contribution in [-0.4, -0.2) is 24.5 Å². The van der Waals surface area contributed by atoms with Gasteiger partial charge in [-0.15, -0.1) is 0 Å². The summed E-state index contributed by atoms with van der Waals surface area (Å²) in [5.41, 5.74) is 4.89. The highest BCUT2D eigenvalue weighted by Gasteiger charge is 2.13. The molecule has 1 saturated carbocycles. The third-order valence-corrected chi connectivity index (χ3v) is 2.89. The molecular weight excluding hydrogens is 206 g/mol. The Morgan fingerprint density at radius 3 is 2.19 bits per heavy atom. The zero-order valence-electron chi connectivity index (χ0n) is 9.63. The maximum atomic E-state index is 11.4. The summed E-state index contributed by atoms with van der Waals surface area (Å²) in [4.78, 5) is 21.9. The van der Waals surface area contributed by atoms with E-state index in [0.717, 1.165) is 12.8 Å². The monoisotopic (exact) mass is 227 g/mol. The number of nitrogens with one attached hydrogen (secondary N) is 2. The second-order valence-electron chi connectivity index (χ2n) is 4.33. The van der Waals surface area contributed by atoms with Gasteiger partial charge in [-0.1, -0.05) is 32.1 Å². The summed E-state index contributed by atoms with van der Waals surface area (Å²) >= 11 is 0. The molecule has 16 heavy (non-hydrogen) atoms. The van der Waals surface area contributed by atoms with E-state index in [1.165, 1.54) is 32.1 Å². The van der Waals surface area contributed by atoms with E-state index in [4.69, 9.17) is 5.73 Å². The van der Waals surface area contributed by atoms with Gasteiger partial charge in [-0.25, -0.2) is 4.79 Å². The first-order valence-corrected chi connectivity index (χ1v) is 6.01. The molecule has 0 radical (unpaired) electrons. The van der Waals surface area contributed by atoms with Gasteiger partial charge >= 0.3 is 6.03 Å². The van der Waals surface area contributed by atoms with Gasteiger partial charge < -0.3 is 16.4 Å². The first-order valence-electron chi connectivity index (χ1n) is 6.01. The first kappa shape index (κ1) is 12.8. The zero-order chi connectivity index (χ0) is 11.8. The minimum atomic E-state index is -0.659. The Morgan fingerprint density at radius 1 is 1.06 bits per heavy atom. The predicted molar refractivity (Wildman–Crippen MR) is 61.8 cm³/mol. The first-order chi connectivity index (χ1) is 7.68. The molecule has 4 N–H and O–H groups in total. The molecule has 3 amide bonds. The minimum absolute atomic E-state index is 0.0220. The Hall–Kier alpha value is -1.26. The van der Waals surface area contributed by atoms with Crippen molar-refractivity contribution in [2.45, 2.75) is 51.0 Å². The van der Waals surface area contributed by atoms with E-state index < -0.39 is 6.03 Å². The lowest BCUT2D eigenvalue weighted by molar-refractivity contribution is -0.120. The molecular formula is C11H21N3O2. The molecule has 0 spiro atoms. The molecule has 0 bridgehead atoms. The molecule has 0 aromatic heterocycles.